The van der Waals surface area contributed by atoms with E-state index in [2.05, 4.69) is 32.5 Å². The van der Waals surface area contributed by atoms with Crippen LogP contribution in [0, 0.1) is 5.92 Å². The molecule has 0 bridgehead atoms. The van der Waals surface area contributed by atoms with E-state index in [1.54, 1.807) is 0 Å². The molecule has 0 spiro atoms. The number of rotatable bonds is 8. The predicted molar refractivity (Wildman–Crippen MR) is 113 cm³/mol. The zero-order valence-electron chi connectivity index (χ0n) is 16.6. The highest BCUT2D eigenvalue weighted by molar-refractivity contribution is 7.86. The molecule has 6 N–H and O–H groups in total. The summed E-state index contributed by atoms with van der Waals surface area (Å²) in [4.78, 5) is 13.5. The Morgan fingerprint density at radius 2 is 1.84 bits per heavy atom. The second-order valence-electron chi connectivity index (χ2n) is 7.07. The molecular formula is C16H23N7O6S2. The minimum absolute atomic E-state index is 0.0959. The first kappa shape index (κ1) is 23.1. The first-order valence-electron chi connectivity index (χ1n) is 9.28. The Bertz CT molecular complexity index is 1170. The number of aromatic nitrogens is 3. The van der Waals surface area contributed by atoms with Gasteiger partial charge in [-0.05, 0) is 30.5 Å². The molecule has 1 fully saturated rings. The van der Waals surface area contributed by atoms with Gasteiger partial charge in [0.1, 0.15) is 4.90 Å². The molecule has 31 heavy (non-hydrogen) atoms. The summed E-state index contributed by atoms with van der Waals surface area (Å²) in [6.45, 7) is 4.21. The van der Waals surface area contributed by atoms with Crippen LogP contribution in [0.25, 0.3) is 0 Å². The van der Waals surface area contributed by atoms with Gasteiger partial charge in [0, 0.05) is 26.2 Å². The van der Waals surface area contributed by atoms with Crippen molar-refractivity contribution in [1.82, 2.24) is 15.0 Å². The first-order valence-corrected chi connectivity index (χ1v) is 12.2. The molecule has 0 aliphatic carbocycles. The van der Waals surface area contributed by atoms with Crippen LogP contribution in [0.4, 0.5) is 23.5 Å². The minimum atomic E-state index is -4.73. The third-order valence-electron chi connectivity index (χ3n) is 4.53. The van der Waals surface area contributed by atoms with Gasteiger partial charge in [0.05, 0.1) is 10.6 Å². The summed E-state index contributed by atoms with van der Waals surface area (Å²) in [5.74, 6) is 0.852. The molecule has 13 nitrogen and oxygen atoms in total. The standard InChI is InChI=1S/C16H23N7O6S2/c1-10-4-7-23(9-10)16-21-14(18-6-5-17)20-15(22-16)19-12-8-11(30(24,25)26)2-3-13(12)31(27,28)29/h2-3,8,10H,4-7,9,17H2,1H3,(H,24,25,26)(H,27,28,29)(H2,18,19,20,21,22). The molecule has 3 rings (SSSR count). The Labute approximate surface area is 179 Å². The lowest BCUT2D eigenvalue weighted by Gasteiger charge is -2.18. The fourth-order valence-corrected chi connectivity index (χ4v) is 4.19. The lowest BCUT2D eigenvalue weighted by Crippen LogP contribution is -2.24. The van der Waals surface area contributed by atoms with E-state index in [0.717, 1.165) is 31.2 Å². The summed E-state index contributed by atoms with van der Waals surface area (Å²) in [7, 11) is -9.36. The summed E-state index contributed by atoms with van der Waals surface area (Å²) < 4.78 is 65.2. The molecule has 0 saturated carbocycles. The van der Waals surface area contributed by atoms with E-state index < -0.39 is 30.0 Å². The van der Waals surface area contributed by atoms with Gasteiger partial charge < -0.3 is 21.3 Å². The summed E-state index contributed by atoms with van der Waals surface area (Å²) >= 11 is 0. The fourth-order valence-electron chi connectivity index (χ4n) is 3.05. The fraction of sp³-hybridized carbons (Fsp3) is 0.438. The van der Waals surface area contributed by atoms with Crippen LogP contribution in [0.1, 0.15) is 13.3 Å². The zero-order chi connectivity index (χ0) is 22.8. The number of hydrogen-bond acceptors (Lipinski definition) is 11. The zero-order valence-corrected chi connectivity index (χ0v) is 18.2. The molecule has 1 aliphatic heterocycles. The molecule has 2 heterocycles. The van der Waals surface area contributed by atoms with Crippen LogP contribution in [-0.2, 0) is 20.2 Å². The monoisotopic (exact) mass is 473 g/mol. The molecule has 1 aromatic carbocycles. The largest absolute Gasteiger partial charge is 0.353 e. The second-order valence-corrected chi connectivity index (χ2v) is 9.88. The molecule has 15 heteroatoms. The van der Waals surface area contributed by atoms with Gasteiger partial charge in [-0.2, -0.15) is 31.8 Å². The molecule has 0 amide bonds. The van der Waals surface area contributed by atoms with Gasteiger partial charge in [0.2, 0.25) is 17.8 Å². The highest BCUT2D eigenvalue weighted by Gasteiger charge is 2.24. The lowest BCUT2D eigenvalue weighted by molar-refractivity contribution is 0.479. The molecular weight excluding hydrogens is 450 g/mol. The topological polar surface area (TPSA) is 201 Å². The van der Waals surface area contributed by atoms with E-state index in [1.807, 2.05) is 4.90 Å². The summed E-state index contributed by atoms with van der Waals surface area (Å²) in [6.07, 6.45) is 0.948. The molecule has 1 saturated heterocycles. The van der Waals surface area contributed by atoms with Gasteiger partial charge in [-0.25, -0.2) is 0 Å². The molecule has 2 aromatic rings. The number of nitrogens with zero attached hydrogens (tertiary/aromatic N) is 4. The maximum atomic E-state index is 11.7. The van der Waals surface area contributed by atoms with Crippen molar-refractivity contribution >= 4 is 43.8 Å². The molecule has 170 valence electrons. The van der Waals surface area contributed by atoms with Gasteiger partial charge in [0.15, 0.2) is 0 Å². The van der Waals surface area contributed by atoms with Gasteiger partial charge in [-0.1, -0.05) is 6.92 Å². The second kappa shape index (κ2) is 8.88. The minimum Gasteiger partial charge on any atom is -0.353 e. The van der Waals surface area contributed by atoms with Crippen LogP contribution in [0.3, 0.4) is 0 Å². The highest BCUT2D eigenvalue weighted by atomic mass is 32.2. The number of nitrogens with one attached hydrogen (secondary N) is 2. The van der Waals surface area contributed by atoms with Gasteiger partial charge >= 0.3 is 0 Å². The normalized spacial score (nSPS) is 17.0. The van der Waals surface area contributed by atoms with Crippen molar-refractivity contribution in [2.75, 3.05) is 41.7 Å². The van der Waals surface area contributed by atoms with Crippen molar-refractivity contribution in [1.29, 1.82) is 0 Å². The average molecular weight is 474 g/mol. The maximum Gasteiger partial charge on any atom is 0.296 e. The number of hydrogen-bond donors (Lipinski definition) is 5. The van der Waals surface area contributed by atoms with Crippen LogP contribution in [0.2, 0.25) is 0 Å². The third kappa shape index (κ3) is 5.76. The Kier molecular flexibility index (Phi) is 6.61. The highest BCUT2D eigenvalue weighted by Crippen LogP contribution is 2.28. The van der Waals surface area contributed by atoms with E-state index in [4.69, 9.17) is 5.73 Å². The number of benzene rings is 1. The number of anilines is 4. The Morgan fingerprint density at radius 1 is 1.13 bits per heavy atom. The Balaban J connectivity index is 2.06. The van der Waals surface area contributed by atoms with E-state index >= 15 is 0 Å². The Hall–Kier alpha value is -2.59. The summed E-state index contributed by atoms with van der Waals surface area (Å²) in [6, 6.07) is 2.55. The van der Waals surface area contributed by atoms with Crippen LogP contribution >= 0.6 is 0 Å². The van der Waals surface area contributed by atoms with Gasteiger partial charge in [-0.15, -0.1) is 0 Å². The lowest BCUT2D eigenvalue weighted by atomic mass is 10.2. The van der Waals surface area contributed by atoms with Crippen LogP contribution < -0.4 is 21.3 Å². The van der Waals surface area contributed by atoms with Gasteiger partial charge in [0.25, 0.3) is 20.2 Å². The SMILES string of the molecule is CC1CCN(c2nc(NCCN)nc(Nc3cc(S(=O)(=O)O)ccc3S(=O)(=O)O)n2)C1. The van der Waals surface area contributed by atoms with Crippen LogP contribution in [-0.4, -0.2) is 67.1 Å². The van der Waals surface area contributed by atoms with E-state index in [-0.39, 0.29) is 17.6 Å². The quantitative estimate of drug-likeness (QED) is 0.328. The maximum absolute atomic E-state index is 11.7. The van der Waals surface area contributed by atoms with Crippen molar-refractivity contribution < 1.29 is 25.9 Å². The van der Waals surface area contributed by atoms with E-state index in [1.165, 1.54) is 0 Å². The molecule has 1 aliphatic rings. The van der Waals surface area contributed by atoms with Crippen molar-refractivity contribution in [3.8, 4) is 0 Å². The molecule has 1 atom stereocenters. The molecule has 1 aromatic heterocycles. The third-order valence-corrected chi connectivity index (χ3v) is 6.29. The first-order chi connectivity index (χ1) is 14.5. The van der Waals surface area contributed by atoms with Crippen molar-refractivity contribution in [3.63, 3.8) is 0 Å². The van der Waals surface area contributed by atoms with Crippen molar-refractivity contribution in [2.24, 2.45) is 11.7 Å². The Morgan fingerprint density at radius 3 is 2.42 bits per heavy atom. The number of nitrogens with two attached hydrogens (primary N) is 1. The molecule has 1 unspecified atom stereocenters. The van der Waals surface area contributed by atoms with Crippen molar-refractivity contribution in [2.45, 2.75) is 23.1 Å². The van der Waals surface area contributed by atoms with Gasteiger partial charge in [-0.3, -0.25) is 9.11 Å². The smallest absolute Gasteiger partial charge is 0.296 e. The summed E-state index contributed by atoms with van der Waals surface area (Å²) in [5, 5.41) is 5.53. The molecule has 0 radical (unpaired) electrons. The van der Waals surface area contributed by atoms with Crippen LogP contribution in [0.15, 0.2) is 28.0 Å². The predicted octanol–water partition coefficient (Wildman–Crippen LogP) is 0.325. The van der Waals surface area contributed by atoms with Crippen molar-refractivity contribution in [3.05, 3.63) is 18.2 Å². The van der Waals surface area contributed by atoms with E-state index in [9.17, 15) is 25.9 Å². The van der Waals surface area contributed by atoms with E-state index in [0.29, 0.717) is 31.5 Å². The van der Waals surface area contributed by atoms with Crippen LogP contribution in [0.5, 0.6) is 0 Å². The average Bonchev–Trinajstić information content (AvgIpc) is 3.11. The summed E-state index contributed by atoms with van der Waals surface area (Å²) in [5.41, 5.74) is 5.17.